The Labute approximate surface area is 115 Å². The van der Waals surface area contributed by atoms with Gasteiger partial charge in [0, 0.05) is 19.7 Å². The number of carboxylic acid groups (broad SMARTS) is 1. The molecule has 0 aromatic heterocycles. The van der Waals surface area contributed by atoms with E-state index < -0.39 is 29.2 Å². The molecule has 7 heteroatoms. The van der Waals surface area contributed by atoms with Crippen LogP contribution < -0.4 is 5.32 Å². The molecule has 110 valence electrons. The van der Waals surface area contributed by atoms with Crippen LogP contribution in [0.5, 0.6) is 0 Å². The molecule has 0 saturated heterocycles. The van der Waals surface area contributed by atoms with Gasteiger partial charge in [-0.1, -0.05) is 13.8 Å². The Hall–Kier alpha value is -2.18. The van der Waals surface area contributed by atoms with Gasteiger partial charge in [0.1, 0.15) is 11.6 Å². The van der Waals surface area contributed by atoms with Gasteiger partial charge < -0.3 is 15.3 Å². The Morgan fingerprint density at radius 1 is 1.30 bits per heavy atom. The highest BCUT2D eigenvalue weighted by Crippen LogP contribution is 2.20. The van der Waals surface area contributed by atoms with Gasteiger partial charge in [-0.3, -0.25) is 0 Å². The molecule has 2 N–H and O–H groups in total. The standard InChI is InChI=1S/C13H16F2N2O3/c1-7(2)6-17(3)13(20)16-11-4-8(12(18)19)9(14)5-10(11)15/h4-5,7H,6H2,1-3H3,(H,16,20)(H,18,19). The van der Waals surface area contributed by atoms with Crippen molar-refractivity contribution in [2.45, 2.75) is 13.8 Å². The van der Waals surface area contributed by atoms with E-state index in [1.54, 1.807) is 0 Å². The summed E-state index contributed by atoms with van der Waals surface area (Å²) in [5, 5.41) is 11.0. The third kappa shape index (κ3) is 3.91. The van der Waals surface area contributed by atoms with Crippen LogP contribution in [0.15, 0.2) is 12.1 Å². The van der Waals surface area contributed by atoms with E-state index in [0.29, 0.717) is 12.6 Å². The van der Waals surface area contributed by atoms with Crippen molar-refractivity contribution in [2.75, 3.05) is 18.9 Å². The second-order valence-corrected chi connectivity index (χ2v) is 4.82. The van der Waals surface area contributed by atoms with Crippen molar-refractivity contribution < 1.29 is 23.5 Å². The van der Waals surface area contributed by atoms with Gasteiger partial charge in [0.2, 0.25) is 0 Å². The average molecular weight is 286 g/mol. The van der Waals surface area contributed by atoms with Crippen LogP contribution in [0.1, 0.15) is 24.2 Å². The quantitative estimate of drug-likeness (QED) is 0.894. The predicted molar refractivity (Wildman–Crippen MR) is 69.8 cm³/mol. The number of urea groups is 1. The minimum Gasteiger partial charge on any atom is -0.478 e. The fourth-order valence-corrected chi connectivity index (χ4v) is 1.65. The number of carbonyl (C=O) groups excluding carboxylic acids is 1. The highest BCUT2D eigenvalue weighted by molar-refractivity contribution is 5.93. The zero-order valence-electron chi connectivity index (χ0n) is 11.4. The summed E-state index contributed by atoms with van der Waals surface area (Å²) in [5.74, 6) is -3.53. The van der Waals surface area contributed by atoms with E-state index in [2.05, 4.69) is 5.32 Å². The van der Waals surface area contributed by atoms with Crippen LogP contribution in [0.3, 0.4) is 0 Å². The number of rotatable bonds is 4. The average Bonchev–Trinajstić information content (AvgIpc) is 2.30. The fourth-order valence-electron chi connectivity index (χ4n) is 1.65. The molecule has 0 aliphatic heterocycles. The van der Waals surface area contributed by atoms with Crippen LogP contribution in [0.4, 0.5) is 19.3 Å². The maximum atomic E-state index is 13.5. The van der Waals surface area contributed by atoms with Crippen LogP contribution in [0.2, 0.25) is 0 Å². The van der Waals surface area contributed by atoms with Crippen molar-refractivity contribution >= 4 is 17.7 Å². The molecule has 0 aliphatic rings. The van der Waals surface area contributed by atoms with Crippen molar-refractivity contribution in [3.63, 3.8) is 0 Å². The molecule has 0 aliphatic carbocycles. The van der Waals surface area contributed by atoms with Crippen molar-refractivity contribution in [1.29, 1.82) is 0 Å². The molecular formula is C13H16F2N2O3. The zero-order chi connectivity index (χ0) is 15.4. The molecule has 0 fully saturated rings. The number of hydrogen-bond acceptors (Lipinski definition) is 2. The van der Waals surface area contributed by atoms with Crippen LogP contribution in [0, 0.1) is 17.6 Å². The number of anilines is 1. The summed E-state index contributed by atoms with van der Waals surface area (Å²) in [6.45, 7) is 4.26. The molecule has 0 bridgehead atoms. The molecule has 0 unspecified atom stereocenters. The lowest BCUT2D eigenvalue weighted by Crippen LogP contribution is -2.34. The molecule has 20 heavy (non-hydrogen) atoms. The van der Waals surface area contributed by atoms with Gasteiger partial charge in [-0.25, -0.2) is 18.4 Å². The molecule has 0 saturated carbocycles. The zero-order valence-corrected chi connectivity index (χ0v) is 11.4. The van der Waals surface area contributed by atoms with E-state index in [1.165, 1.54) is 11.9 Å². The van der Waals surface area contributed by atoms with E-state index >= 15 is 0 Å². The third-order valence-corrected chi connectivity index (χ3v) is 2.51. The number of carboxylic acids is 1. The highest BCUT2D eigenvalue weighted by Gasteiger charge is 2.18. The number of aromatic carboxylic acids is 1. The number of nitrogens with one attached hydrogen (secondary N) is 1. The molecule has 5 nitrogen and oxygen atoms in total. The molecule has 0 spiro atoms. The van der Waals surface area contributed by atoms with Crippen molar-refractivity contribution in [3.8, 4) is 0 Å². The van der Waals surface area contributed by atoms with Gasteiger partial charge in [0.05, 0.1) is 11.3 Å². The summed E-state index contributed by atoms with van der Waals surface area (Å²) in [5.41, 5.74) is -1.07. The fraction of sp³-hybridized carbons (Fsp3) is 0.385. The maximum Gasteiger partial charge on any atom is 0.338 e. The van der Waals surface area contributed by atoms with E-state index in [1.807, 2.05) is 13.8 Å². The van der Waals surface area contributed by atoms with Crippen LogP contribution >= 0.6 is 0 Å². The lowest BCUT2D eigenvalue weighted by molar-refractivity contribution is 0.0692. The number of benzene rings is 1. The summed E-state index contributed by atoms with van der Waals surface area (Å²) in [6.07, 6.45) is 0. The Morgan fingerprint density at radius 2 is 1.90 bits per heavy atom. The van der Waals surface area contributed by atoms with Gasteiger partial charge in [0.15, 0.2) is 0 Å². The number of halogens is 2. The van der Waals surface area contributed by atoms with E-state index in [4.69, 9.17) is 5.11 Å². The Kier molecular flexibility index (Phi) is 5.01. The second kappa shape index (κ2) is 6.31. The van der Waals surface area contributed by atoms with E-state index in [-0.39, 0.29) is 11.6 Å². The predicted octanol–water partition coefficient (Wildman–Crippen LogP) is 2.78. The number of hydrogen-bond donors (Lipinski definition) is 2. The Balaban J connectivity index is 2.95. The van der Waals surface area contributed by atoms with E-state index in [0.717, 1.165) is 6.07 Å². The topological polar surface area (TPSA) is 69.6 Å². The van der Waals surface area contributed by atoms with Crippen molar-refractivity contribution in [2.24, 2.45) is 5.92 Å². The lowest BCUT2D eigenvalue weighted by Gasteiger charge is -2.20. The summed E-state index contributed by atoms with van der Waals surface area (Å²) >= 11 is 0. The molecule has 0 radical (unpaired) electrons. The molecule has 0 atom stereocenters. The first-order valence-corrected chi connectivity index (χ1v) is 5.96. The van der Waals surface area contributed by atoms with Crippen LogP contribution in [0.25, 0.3) is 0 Å². The van der Waals surface area contributed by atoms with Crippen LogP contribution in [-0.2, 0) is 0 Å². The molecular weight excluding hydrogens is 270 g/mol. The Bertz CT molecular complexity index is 533. The summed E-state index contributed by atoms with van der Waals surface area (Å²) < 4.78 is 26.7. The van der Waals surface area contributed by atoms with Gasteiger partial charge in [0.25, 0.3) is 0 Å². The molecule has 0 heterocycles. The number of nitrogens with zero attached hydrogens (tertiary/aromatic N) is 1. The Morgan fingerprint density at radius 3 is 2.40 bits per heavy atom. The number of amides is 2. The van der Waals surface area contributed by atoms with Gasteiger partial charge >= 0.3 is 12.0 Å². The van der Waals surface area contributed by atoms with E-state index in [9.17, 15) is 18.4 Å². The molecule has 1 aromatic carbocycles. The largest absolute Gasteiger partial charge is 0.478 e. The SMILES string of the molecule is CC(C)CN(C)C(=O)Nc1cc(C(=O)O)c(F)cc1F. The molecule has 1 aromatic rings. The molecule has 2 amide bonds. The first kappa shape index (κ1) is 15.9. The van der Waals surface area contributed by atoms with Gasteiger partial charge in [-0.05, 0) is 12.0 Å². The van der Waals surface area contributed by atoms with Crippen LogP contribution in [-0.4, -0.2) is 35.6 Å². The smallest absolute Gasteiger partial charge is 0.338 e. The second-order valence-electron chi connectivity index (χ2n) is 4.82. The third-order valence-electron chi connectivity index (χ3n) is 2.51. The lowest BCUT2D eigenvalue weighted by atomic mass is 10.2. The van der Waals surface area contributed by atoms with Crippen molar-refractivity contribution in [1.82, 2.24) is 4.90 Å². The maximum absolute atomic E-state index is 13.5. The van der Waals surface area contributed by atoms with Crippen molar-refractivity contribution in [3.05, 3.63) is 29.3 Å². The molecule has 1 rings (SSSR count). The minimum absolute atomic E-state index is 0.221. The normalized spacial score (nSPS) is 10.5. The monoisotopic (exact) mass is 286 g/mol. The summed E-state index contributed by atoms with van der Waals surface area (Å²) in [7, 11) is 1.52. The number of carbonyl (C=O) groups is 2. The minimum atomic E-state index is -1.53. The van der Waals surface area contributed by atoms with Gasteiger partial charge in [-0.15, -0.1) is 0 Å². The first-order valence-electron chi connectivity index (χ1n) is 5.96. The first-order chi connectivity index (χ1) is 9.22. The summed E-state index contributed by atoms with van der Waals surface area (Å²) in [6, 6.07) is 0.593. The van der Waals surface area contributed by atoms with Gasteiger partial charge in [-0.2, -0.15) is 0 Å². The highest BCUT2D eigenvalue weighted by atomic mass is 19.1. The summed E-state index contributed by atoms with van der Waals surface area (Å²) in [4.78, 5) is 23.9.